The van der Waals surface area contributed by atoms with Crippen LogP contribution in [0.5, 0.6) is 23.0 Å². The summed E-state index contributed by atoms with van der Waals surface area (Å²) in [7, 11) is 0. The van der Waals surface area contributed by atoms with Crippen LogP contribution in [0.2, 0.25) is 0 Å². The van der Waals surface area contributed by atoms with Crippen molar-refractivity contribution in [1.82, 2.24) is 10.6 Å². The third kappa shape index (κ3) is 4.47. The molecule has 0 aromatic heterocycles. The molecule has 2 aromatic carbocycles. The molecule has 0 radical (unpaired) electrons. The molecule has 2 fully saturated rings. The quantitative estimate of drug-likeness (QED) is 0.726. The van der Waals surface area contributed by atoms with Crippen LogP contribution in [0.25, 0.3) is 0 Å². The largest absolute Gasteiger partial charge is 0.486 e. The first-order valence-corrected chi connectivity index (χ1v) is 11.3. The summed E-state index contributed by atoms with van der Waals surface area (Å²) < 4.78 is 48.9. The molecule has 0 saturated carbocycles. The first-order valence-electron chi connectivity index (χ1n) is 11.3. The number of ether oxygens (including phenoxy) is 4. The van der Waals surface area contributed by atoms with Gasteiger partial charge in [0.15, 0.2) is 23.0 Å². The average molecular weight is 446 g/mol. The molecule has 2 N–H and O–H groups in total. The summed E-state index contributed by atoms with van der Waals surface area (Å²) in [5.74, 6) is 1.99. The van der Waals surface area contributed by atoms with Crippen molar-refractivity contribution in [3.63, 3.8) is 0 Å². The Labute approximate surface area is 186 Å². The van der Waals surface area contributed by atoms with E-state index < -0.39 is 0 Å². The van der Waals surface area contributed by atoms with Gasteiger partial charge in [-0.2, -0.15) is 0 Å². The van der Waals surface area contributed by atoms with E-state index in [2.05, 4.69) is 10.6 Å². The molecule has 2 unspecified atom stereocenters. The lowest BCUT2D eigenvalue weighted by Gasteiger charge is -2.23. The van der Waals surface area contributed by atoms with Gasteiger partial charge >= 0.3 is 0 Å². The molecular formula is C24H28F2N2O4. The van der Waals surface area contributed by atoms with E-state index in [9.17, 15) is 8.78 Å². The van der Waals surface area contributed by atoms with Crippen LogP contribution in [0.1, 0.15) is 48.9 Å². The number of benzene rings is 2. The predicted molar refractivity (Wildman–Crippen MR) is 115 cm³/mol. The summed E-state index contributed by atoms with van der Waals surface area (Å²) in [6, 6.07) is 6.30. The fourth-order valence-corrected chi connectivity index (χ4v) is 4.71. The Bertz CT molecular complexity index is 882. The molecule has 0 bridgehead atoms. The van der Waals surface area contributed by atoms with Gasteiger partial charge in [-0.25, -0.2) is 8.78 Å². The third-order valence-corrected chi connectivity index (χ3v) is 6.14. The summed E-state index contributed by atoms with van der Waals surface area (Å²) in [5.41, 5.74) is 1.79. The van der Waals surface area contributed by atoms with Crippen molar-refractivity contribution in [2.24, 2.45) is 0 Å². The van der Waals surface area contributed by atoms with E-state index in [1.807, 2.05) is 0 Å². The molecule has 6 nitrogen and oxygen atoms in total. The molecule has 32 heavy (non-hydrogen) atoms. The standard InChI is InChI=1S/2C12H14FNO2/c2*13-8-6-9(10-2-1-3-14-10)12-11(7-8)15-4-5-16-12/h2*6-7,10,14H,1-5H2. The number of hydrogen-bond acceptors (Lipinski definition) is 6. The Morgan fingerprint density at radius 1 is 0.625 bits per heavy atom. The van der Waals surface area contributed by atoms with E-state index in [4.69, 9.17) is 18.9 Å². The molecule has 2 aromatic rings. The SMILES string of the molecule is Fc1cc2c(c(C3CCCN3)c1)OCCO2.Fc1cc2c(c(C3CCCN3)c1)OCCO2. The van der Waals surface area contributed by atoms with Gasteiger partial charge in [0.25, 0.3) is 0 Å². The molecule has 2 atom stereocenters. The van der Waals surface area contributed by atoms with E-state index in [0.29, 0.717) is 49.4 Å². The lowest BCUT2D eigenvalue weighted by atomic mass is 10.0. The highest BCUT2D eigenvalue weighted by atomic mass is 19.1. The van der Waals surface area contributed by atoms with Crippen LogP contribution in [0, 0.1) is 11.6 Å². The fourth-order valence-electron chi connectivity index (χ4n) is 4.71. The van der Waals surface area contributed by atoms with Crippen LogP contribution in [0.4, 0.5) is 8.78 Å². The van der Waals surface area contributed by atoms with Crippen LogP contribution in [-0.4, -0.2) is 39.5 Å². The molecule has 0 spiro atoms. The minimum Gasteiger partial charge on any atom is -0.486 e. The van der Waals surface area contributed by atoms with E-state index >= 15 is 0 Å². The number of fused-ring (bicyclic) bond motifs is 2. The van der Waals surface area contributed by atoms with E-state index in [1.165, 1.54) is 12.1 Å². The van der Waals surface area contributed by atoms with Crippen molar-refractivity contribution in [3.05, 3.63) is 47.0 Å². The van der Waals surface area contributed by atoms with Gasteiger partial charge < -0.3 is 29.6 Å². The van der Waals surface area contributed by atoms with E-state index in [1.54, 1.807) is 12.1 Å². The Morgan fingerprint density at radius 2 is 1.06 bits per heavy atom. The molecule has 0 aliphatic carbocycles. The third-order valence-electron chi connectivity index (χ3n) is 6.14. The van der Waals surface area contributed by atoms with Crippen molar-refractivity contribution in [2.45, 2.75) is 37.8 Å². The van der Waals surface area contributed by atoms with Crippen molar-refractivity contribution in [2.75, 3.05) is 39.5 Å². The normalized spacial score (nSPS) is 23.4. The Balaban J connectivity index is 0.000000135. The van der Waals surface area contributed by atoms with Crippen molar-refractivity contribution in [1.29, 1.82) is 0 Å². The smallest absolute Gasteiger partial charge is 0.166 e. The molecule has 172 valence electrons. The summed E-state index contributed by atoms with van der Waals surface area (Å²) >= 11 is 0. The highest BCUT2D eigenvalue weighted by Gasteiger charge is 2.26. The predicted octanol–water partition coefficient (Wildman–Crippen LogP) is 4.04. The van der Waals surface area contributed by atoms with Gasteiger partial charge in [0.05, 0.1) is 0 Å². The molecule has 8 heteroatoms. The highest BCUT2D eigenvalue weighted by Crippen LogP contribution is 2.41. The second-order valence-electron chi connectivity index (χ2n) is 8.34. The van der Waals surface area contributed by atoms with Gasteiger partial charge in [-0.15, -0.1) is 0 Å². The second kappa shape index (κ2) is 9.50. The zero-order valence-corrected chi connectivity index (χ0v) is 17.9. The number of nitrogens with one attached hydrogen (secondary N) is 2. The van der Waals surface area contributed by atoms with Crippen molar-refractivity contribution >= 4 is 0 Å². The lowest BCUT2D eigenvalue weighted by molar-refractivity contribution is 0.168. The highest BCUT2D eigenvalue weighted by molar-refractivity contribution is 5.50. The van der Waals surface area contributed by atoms with Gasteiger partial charge in [0.1, 0.15) is 38.1 Å². The molecular weight excluding hydrogens is 418 g/mol. The van der Waals surface area contributed by atoms with Crippen LogP contribution >= 0.6 is 0 Å². The average Bonchev–Trinajstić information content (AvgIpc) is 3.53. The van der Waals surface area contributed by atoms with Crippen LogP contribution in [-0.2, 0) is 0 Å². The summed E-state index contributed by atoms with van der Waals surface area (Å²) in [6.07, 6.45) is 4.30. The first kappa shape index (κ1) is 21.3. The van der Waals surface area contributed by atoms with Gasteiger partial charge in [0, 0.05) is 35.3 Å². The number of rotatable bonds is 2. The molecule has 2 saturated heterocycles. The Hall–Kier alpha value is -2.58. The summed E-state index contributed by atoms with van der Waals surface area (Å²) in [4.78, 5) is 0. The monoisotopic (exact) mass is 446 g/mol. The van der Waals surface area contributed by atoms with Crippen LogP contribution in [0.3, 0.4) is 0 Å². The second-order valence-corrected chi connectivity index (χ2v) is 8.34. The van der Waals surface area contributed by atoms with Gasteiger partial charge in [-0.3, -0.25) is 0 Å². The van der Waals surface area contributed by atoms with Crippen molar-refractivity contribution < 1.29 is 27.7 Å². The minimum absolute atomic E-state index is 0.200. The summed E-state index contributed by atoms with van der Waals surface area (Å²) in [6.45, 7) is 4.03. The van der Waals surface area contributed by atoms with E-state index in [-0.39, 0.29) is 23.7 Å². The van der Waals surface area contributed by atoms with Crippen LogP contribution in [0.15, 0.2) is 24.3 Å². The van der Waals surface area contributed by atoms with Crippen molar-refractivity contribution in [3.8, 4) is 23.0 Å². The molecule has 4 heterocycles. The van der Waals surface area contributed by atoms with E-state index in [0.717, 1.165) is 49.9 Å². The molecule has 6 rings (SSSR count). The zero-order valence-electron chi connectivity index (χ0n) is 17.9. The van der Waals surface area contributed by atoms with Gasteiger partial charge in [0.2, 0.25) is 0 Å². The maximum absolute atomic E-state index is 13.4. The maximum Gasteiger partial charge on any atom is 0.166 e. The minimum atomic E-state index is -0.257. The lowest BCUT2D eigenvalue weighted by Crippen LogP contribution is -2.20. The Morgan fingerprint density at radius 3 is 1.47 bits per heavy atom. The Kier molecular flexibility index (Phi) is 6.32. The van der Waals surface area contributed by atoms with Gasteiger partial charge in [-0.1, -0.05) is 0 Å². The first-order chi connectivity index (χ1) is 15.7. The zero-order chi connectivity index (χ0) is 21.9. The number of halogens is 2. The molecule has 4 aliphatic heterocycles. The van der Waals surface area contributed by atoms with Crippen LogP contribution < -0.4 is 29.6 Å². The fraction of sp³-hybridized carbons (Fsp3) is 0.500. The topological polar surface area (TPSA) is 61.0 Å². The maximum atomic E-state index is 13.4. The van der Waals surface area contributed by atoms with Gasteiger partial charge in [-0.05, 0) is 50.9 Å². The molecule has 0 amide bonds. The molecule has 4 aliphatic rings. The summed E-state index contributed by atoms with van der Waals surface area (Å²) in [5, 5.41) is 6.70. The number of hydrogen-bond donors (Lipinski definition) is 2.